The van der Waals surface area contributed by atoms with Crippen molar-refractivity contribution in [3.8, 4) is 11.5 Å². The Labute approximate surface area is 156 Å². The monoisotopic (exact) mass is 358 g/mol. The van der Waals surface area contributed by atoms with Crippen LogP contribution in [-0.4, -0.2) is 49.7 Å². The van der Waals surface area contributed by atoms with E-state index in [4.69, 9.17) is 9.47 Å². The minimum Gasteiger partial charge on any atom is -0.493 e. The lowest BCUT2D eigenvalue weighted by Crippen LogP contribution is -2.37. The van der Waals surface area contributed by atoms with Crippen molar-refractivity contribution in [2.75, 3.05) is 32.8 Å². The molecule has 1 aromatic carbocycles. The minimum atomic E-state index is -0.0701. The van der Waals surface area contributed by atoms with Gasteiger partial charge in [0.25, 0.3) is 0 Å². The highest BCUT2D eigenvalue weighted by atomic mass is 16.5. The maximum atomic E-state index is 12.1. The van der Waals surface area contributed by atoms with Crippen LogP contribution in [0.15, 0.2) is 18.2 Å². The van der Waals surface area contributed by atoms with Crippen LogP contribution in [0.5, 0.6) is 11.5 Å². The summed E-state index contributed by atoms with van der Waals surface area (Å²) in [4.78, 5) is 14.5. The zero-order chi connectivity index (χ0) is 18.4. The summed E-state index contributed by atoms with van der Waals surface area (Å²) >= 11 is 0. The molecule has 0 radical (unpaired) electrons. The first-order chi connectivity index (χ1) is 12.7. The predicted octanol–water partition coefficient (Wildman–Crippen LogP) is 3.02. The second kappa shape index (κ2) is 9.08. The Morgan fingerprint density at radius 2 is 2.15 bits per heavy atom. The number of carbonyl (C=O) groups is 1. The van der Waals surface area contributed by atoms with Gasteiger partial charge in [0.2, 0.25) is 5.91 Å². The maximum absolute atomic E-state index is 12.1. The Kier molecular flexibility index (Phi) is 6.56. The first kappa shape index (κ1) is 18.8. The van der Waals surface area contributed by atoms with Gasteiger partial charge in [-0.05, 0) is 58.0 Å². The number of amides is 1. The quantitative estimate of drug-likeness (QED) is 0.761. The van der Waals surface area contributed by atoms with Crippen molar-refractivity contribution in [1.82, 2.24) is 10.2 Å². The smallest absolute Gasteiger partial charge is 0.244 e. The fraction of sp³-hybridized carbons (Fsp3) is 0.571. The summed E-state index contributed by atoms with van der Waals surface area (Å²) in [6.45, 7) is 8.53. The maximum Gasteiger partial charge on any atom is 0.244 e. The molecule has 0 aliphatic carbocycles. The summed E-state index contributed by atoms with van der Waals surface area (Å²) in [5, 5.41) is 2.97. The molecule has 0 saturated carbocycles. The first-order valence-electron chi connectivity index (χ1n) is 9.80. The summed E-state index contributed by atoms with van der Waals surface area (Å²) in [6, 6.07) is 4.01. The van der Waals surface area contributed by atoms with Crippen LogP contribution in [0.25, 0.3) is 6.08 Å². The molecule has 1 N–H and O–H groups in total. The molecule has 1 saturated heterocycles. The van der Waals surface area contributed by atoms with Gasteiger partial charge in [-0.1, -0.05) is 6.42 Å². The number of nitrogens with one attached hydrogen (secondary N) is 1. The Bertz CT molecular complexity index is 651. The van der Waals surface area contributed by atoms with E-state index >= 15 is 0 Å². The summed E-state index contributed by atoms with van der Waals surface area (Å²) < 4.78 is 11.6. The van der Waals surface area contributed by atoms with Crippen molar-refractivity contribution in [3.05, 3.63) is 29.3 Å². The number of piperidine rings is 1. The fourth-order valence-electron chi connectivity index (χ4n) is 3.61. The van der Waals surface area contributed by atoms with E-state index in [0.717, 1.165) is 43.1 Å². The van der Waals surface area contributed by atoms with Gasteiger partial charge in [0.1, 0.15) is 17.6 Å². The molecule has 0 aromatic heterocycles. The number of hydrogen-bond donors (Lipinski definition) is 1. The largest absolute Gasteiger partial charge is 0.493 e. The summed E-state index contributed by atoms with van der Waals surface area (Å²) in [5.74, 6) is 1.63. The van der Waals surface area contributed by atoms with E-state index in [2.05, 4.69) is 17.1 Å². The highest BCUT2D eigenvalue weighted by Crippen LogP contribution is 2.35. The number of likely N-dealkylation sites (tertiary alicyclic amines) is 1. The van der Waals surface area contributed by atoms with Crippen LogP contribution >= 0.6 is 0 Å². The molecule has 1 unspecified atom stereocenters. The average molecular weight is 358 g/mol. The molecule has 1 fully saturated rings. The molecule has 2 heterocycles. The van der Waals surface area contributed by atoms with Gasteiger partial charge < -0.3 is 19.7 Å². The molecule has 1 atom stereocenters. The van der Waals surface area contributed by atoms with Crippen LogP contribution < -0.4 is 14.8 Å². The lowest BCUT2D eigenvalue weighted by Gasteiger charge is -2.26. The van der Waals surface area contributed by atoms with Crippen molar-refractivity contribution in [1.29, 1.82) is 0 Å². The van der Waals surface area contributed by atoms with Gasteiger partial charge in [-0.2, -0.15) is 0 Å². The molecular weight excluding hydrogens is 328 g/mol. The first-order valence-corrected chi connectivity index (χ1v) is 9.80. The Morgan fingerprint density at radius 3 is 2.92 bits per heavy atom. The standard InChI is InChI=1S/C21H30N2O3/c1-3-25-19-15-18-13-16(2)26-20(18)14-17(19)7-8-21(24)22-9-12-23-10-5-4-6-11-23/h7-8,14-16H,3-6,9-13H2,1-2H3,(H,22,24)/b8-7+. The van der Waals surface area contributed by atoms with Gasteiger partial charge in [0.15, 0.2) is 0 Å². The van der Waals surface area contributed by atoms with Crippen molar-refractivity contribution in [2.24, 2.45) is 0 Å². The third kappa shape index (κ3) is 5.01. The fourth-order valence-corrected chi connectivity index (χ4v) is 3.61. The van der Waals surface area contributed by atoms with Crippen LogP contribution in [0.3, 0.4) is 0 Å². The molecule has 5 heteroatoms. The second-order valence-corrected chi connectivity index (χ2v) is 7.09. The summed E-state index contributed by atoms with van der Waals surface area (Å²) in [6.07, 6.45) is 8.36. The molecule has 2 aliphatic rings. The van der Waals surface area contributed by atoms with E-state index < -0.39 is 0 Å². The third-order valence-corrected chi connectivity index (χ3v) is 4.92. The van der Waals surface area contributed by atoms with E-state index in [1.807, 2.05) is 25.1 Å². The van der Waals surface area contributed by atoms with E-state index in [-0.39, 0.29) is 12.0 Å². The topological polar surface area (TPSA) is 50.8 Å². The van der Waals surface area contributed by atoms with Crippen molar-refractivity contribution in [2.45, 2.75) is 45.6 Å². The predicted molar refractivity (Wildman–Crippen MR) is 104 cm³/mol. The SMILES string of the molecule is CCOc1cc2c(cc1/C=C/C(=O)NCCN1CCCCC1)OC(C)C2. The van der Waals surface area contributed by atoms with E-state index in [0.29, 0.717) is 13.2 Å². The molecule has 5 nitrogen and oxygen atoms in total. The van der Waals surface area contributed by atoms with E-state index in [1.165, 1.54) is 24.8 Å². The highest BCUT2D eigenvalue weighted by molar-refractivity contribution is 5.92. The number of ether oxygens (including phenoxy) is 2. The number of hydrogen-bond acceptors (Lipinski definition) is 4. The second-order valence-electron chi connectivity index (χ2n) is 7.09. The van der Waals surface area contributed by atoms with Crippen LogP contribution in [0.4, 0.5) is 0 Å². The van der Waals surface area contributed by atoms with Crippen molar-refractivity contribution < 1.29 is 14.3 Å². The zero-order valence-electron chi connectivity index (χ0n) is 15.9. The van der Waals surface area contributed by atoms with Crippen LogP contribution in [-0.2, 0) is 11.2 Å². The molecule has 0 spiro atoms. The third-order valence-electron chi connectivity index (χ3n) is 4.92. The number of carbonyl (C=O) groups excluding carboxylic acids is 1. The minimum absolute atomic E-state index is 0.0701. The highest BCUT2D eigenvalue weighted by Gasteiger charge is 2.21. The lowest BCUT2D eigenvalue weighted by atomic mass is 10.1. The molecule has 1 aromatic rings. The normalized spacial score (nSPS) is 20.0. The molecule has 3 rings (SSSR count). The van der Waals surface area contributed by atoms with Crippen LogP contribution in [0, 0.1) is 0 Å². The van der Waals surface area contributed by atoms with Gasteiger partial charge in [-0.3, -0.25) is 4.79 Å². The van der Waals surface area contributed by atoms with E-state index in [1.54, 1.807) is 6.08 Å². The lowest BCUT2D eigenvalue weighted by molar-refractivity contribution is -0.116. The molecule has 1 amide bonds. The van der Waals surface area contributed by atoms with Gasteiger partial charge in [0.05, 0.1) is 6.61 Å². The number of nitrogens with zero attached hydrogens (tertiary/aromatic N) is 1. The zero-order valence-corrected chi connectivity index (χ0v) is 15.9. The molecule has 26 heavy (non-hydrogen) atoms. The molecule has 142 valence electrons. The number of benzene rings is 1. The average Bonchev–Trinajstić information content (AvgIpc) is 3.00. The van der Waals surface area contributed by atoms with Crippen molar-refractivity contribution in [3.63, 3.8) is 0 Å². The number of fused-ring (bicyclic) bond motifs is 1. The van der Waals surface area contributed by atoms with Crippen LogP contribution in [0.1, 0.15) is 44.2 Å². The number of rotatable bonds is 7. The Balaban J connectivity index is 1.56. The van der Waals surface area contributed by atoms with Gasteiger partial charge in [-0.25, -0.2) is 0 Å². The molecular formula is C21H30N2O3. The van der Waals surface area contributed by atoms with E-state index in [9.17, 15) is 4.79 Å². The van der Waals surface area contributed by atoms with Crippen molar-refractivity contribution >= 4 is 12.0 Å². The summed E-state index contributed by atoms with van der Waals surface area (Å²) in [5.41, 5.74) is 2.05. The van der Waals surface area contributed by atoms with Gasteiger partial charge >= 0.3 is 0 Å². The molecule has 2 aliphatic heterocycles. The molecule has 0 bridgehead atoms. The Hall–Kier alpha value is -2.01. The van der Waals surface area contributed by atoms with Gasteiger partial charge in [-0.15, -0.1) is 0 Å². The van der Waals surface area contributed by atoms with Gasteiger partial charge in [0, 0.05) is 36.7 Å². The van der Waals surface area contributed by atoms with Crippen LogP contribution in [0.2, 0.25) is 0 Å². The Morgan fingerprint density at radius 1 is 1.35 bits per heavy atom. The summed E-state index contributed by atoms with van der Waals surface area (Å²) in [7, 11) is 0.